The van der Waals surface area contributed by atoms with E-state index < -0.39 is 0 Å². The zero-order valence-corrected chi connectivity index (χ0v) is 10.1. The van der Waals surface area contributed by atoms with E-state index in [2.05, 4.69) is 5.32 Å². The number of carbonyl (C=O) groups excluding carboxylic acids is 1. The molecule has 1 aliphatic heterocycles. The van der Waals surface area contributed by atoms with E-state index in [0.29, 0.717) is 4.99 Å². The van der Waals surface area contributed by atoms with Crippen LogP contribution >= 0.6 is 12.2 Å². The largest absolute Gasteiger partial charge is 0.392 e. The van der Waals surface area contributed by atoms with Gasteiger partial charge in [-0.05, 0) is 18.8 Å². The van der Waals surface area contributed by atoms with E-state index in [9.17, 15) is 4.79 Å². The van der Waals surface area contributed by atoms with E-state index in [-0.39, 0.29) is 18.0 Å². The maximum absolute atomic E-state index is 11.8. The van der Waals surface area contributed by atoms with Crippen LogP contribution in [-0.4, -0.2) is 35.1 Å². The molecule has 1 atom stereocenters. The predicted octanol–water partition coefficient (Wildman–Crippen LogP) is 1.10. The van der Waals surface area contributed by atoms with Crippen LogP contribution < -0.4 is 11.1 Å². The number of urea groups is 1. The van der Waals surface area contributed by atoms with Crippen LogP contribution in [0.3, 0.4) is 0 Å². The molecule has 0 saturated carbocycles. The second-order valence-corrected chi connectivity index (χ2v) is 4.74. The molecule has 0 aromatic heterocycles. The Hall–Kier alpha value is -0.840. The minimum absolute atomic E-state index is 0.0426. The van der Waals surface area contributed by atoms with Crippen LogP contribution in [0.25, 0.3) is 0 Å². The lowest BCUT2D eigenvalue weighted by Gasteiger charge is -2.24. The van der Waals surface area contributed by atoms with Crippen LogP contribution in [0.5, 0.6) is 0 Å². The number of nitrogens with zero attached hydrogens (tertiary/aromatic N) is 1. The molecule has 4 nitrogen and oxygen atoms in total. The summed E-state index contributed by atoms with van der Waals surface area (Å²) in [4.78, 5) is 13.9. The number of nitrogens with one attached hydrogen (secondary N) is 1. The number of rotatable bonds is 3. The van der Waals surface area contributed by atoms with Crippen molar-refractivity contribution in [1.29, 1.82) is 0 Å². The van der Waals surface area contributed by atoms with Crippen molar-refractivity contribution in [1.82, 2.24) is 10.2 Å². The Morgan fingerprint density at radius 3 is 2.33 bits per heavy atom. The molecule has 1 aliphatic rings. The number of thiocarbonyl (C=S) groups is 1. The van der Waals surface area contributed by atoms with Gasteiger partial charge in [0.2, 0.25) is 0 Å². The number of nitrogens with two attached hydrogens (primary N) is 1. The minimum atomic E-state index is -0.201. The lowest BCUT2D eigenvalue weighted by Crippen LogP contribution is -2.51. The molecule has 0 spiro atoms. The van der Waals surface area contributed by atoms with E-state index in [1.807, 2.05) is 18.7 Å². The summed E-state index contributed by atoms with van der Waals surface area (Å²) in [5.41, 5.74) is 5.58. The Morgan fingerprint density at radius 1 is 1.40 bits per heavy atom. The molecule has 1 unspecified atom stereocenters. The van der Waals surface area contributed by atoms with Gasteiger partial charge in [0.25, 0.3) is 0 Å². The zero-order valence-electron chi connectivity index (χ0n) is 9.32. The average molecular weight is 229 g/mol. The summed E-state index contributed by atoms with van der Waals surface area (Å²) in [5, 5.41) is 2.88. The smallest absolute Gasteiger partial charge is 0.317 e. The van der Waals surface area contributed by atoms with Gasteiger partial charge in [-0.1, -0.05) is 26.1 Å². The lowest BCUT2D eigenvalue weighted by molar-refractivity contribution is 0.205. The molecule has 0 aromatic rings. The average Bonchev–Trinajstić information content (AvgIpc) is 2.65. The van der Waals surface area contributed by atoms with E-state index in [0.717, 1.165) is 25.9 Å². The van der Waals surface area contributed by atoms with Crippen molar-refractivity contribution in [2.45, 2.75) is 32.7 Å². The van der Waals surface area contributed by atoms with Crippen LogP contribution in [0.4, 0.5) is 4.79 Å². The molecular formula is C10H19N3OS. The Labute approximate surface area is 96.2 Å². The van der Waals surface area contributed by atoms with E-state index in [1.165, 1.54) is 0 Å². The van der Waals surface area contributed by atoms with Crippen molar-refractivity contribution in [3.05, 3.63) is 0 Å². The highest BCUT2D eigenvalue weighted by atomic mass is 32.1. The van der Waals surface area contributed by atoms with Crippen LogP contribution in [0, 0.1) is 5.92 Å². The number of hydrogen-bond donors (Lipinski definition) is 2. The first kappa shape index (κ1) is 12.2. The van der Waals surface area contributed by atoms with Crippen molar-refractivity contribution in [3.8, 4) is 0 Å². The van der Waals surface area contributed by atoms with Crippen LogP contribution in [-0.2, 0) is 0 Å². The monoisotopic (exact) mass is 229 g/mol. The standard InChI is InChI=1S/C10H19N3OS/c1-7(2)8(9(11)15)12-10(14)13-5-3-4-6-13/h7-8H,3-6H2,1-2H3,(H2,11,15)(H,12,14). The van der Waals surface area contributed by atoms with Gasteiger partial charge in [-0.3, -0.25) is 0 Å². The molecule has 86 valence electrons. The molecule has 1 heterocycles. The van der Waals surface area contributed by atoms with Gasteiger partial charge in [0.05, 0.1) is 11.0 Å². The molecule has 5 heteroatoms. The summed E-state index contributed by atoms with van der Waals surface area (Å²) in [5.74, 6) is 0.231. The lowest BCUT2D eigenvalue weighted by atomic mass is 10.1. The summed E-state index contributed by atoms with van der Waals surface area (Å²) in [6, 6.07) is -0.243. The summed E-state index contributed by atoms with van der Waals surface area (Å²) in [7, 11) is 0. The molecule has 0 bridgehead atoms. The minimum Gasteiger partial charge on any atom is -0.392 e. The van der Waals surface area contributed by atoms with Gasteiger partial charge in [-0.25, -0.2) is 4.79 Å². The fourth-order valence-electron chi connectivity index (χ4n) is 1.71. The number of hydrogen-bond acceptors (Lipinski definition) is 2. The maximum atomic E-state index is 11.8. The first-order chi connectivity index (χ1) is 7.02. The van der Waals surface area contributed by atoms with Crippen LogP contribution in [0.2, 0.25) is 0 Å². The molecule has 2 amide bonds. The maximum Gasteiger partial charge on any atom is 0.317 e. The highest BCUT2D eigenvalue weighted by molar-refractivity contribution is 7.80. The van der Waals surface area contributed by atoms with Crippen molar-refractivity contribution in [2.24, 2.45) is 11.7 Å². The molecule has 0 aliphatic carbocycles. The predicted molar refractivity (Wildman–Crippen MR) is 64.8 cm³/mol. The third kappa shape index (κ3) is 3.34. The van der Waals surface area contributed by atoms with Gasteiger partial charge >= 0.3 is 6.03 Å². The summed E-state index contributed by atoms with van der Waals surface area (Å²) < 4.78 is 0. The number of likely N-dealkylation sites (tertiary alicyclic amines) is 1. The first-order valence-corrected chi connectivity index (χ1v) is 5.78. The molecule has 0 aromatic carbocycles. The summed E-state index contributed by atoms with van der Waals surface area (Å²) >= 11 is 4.93. The summed E-state index contributed by atoms with van der Waals surface area (Å²) in [6.07, 6.45) is 2.18. The molecule has 0 radical (unpaired) electrons. The number of carbonyl (C=O) groups is 1. The Kier molecular flexibility index (Phi) is 4.32. The molecule has 1 fully saturated rings. The number of amides is 2. The topological polar surface area (TPSA) is 58.4 Å². The van der Waals surface area contributed by atoms with Gasteiger partial charge < -0.3 is 16.0 Å². The highest BCUT2D eigenvalue weighted by Crippen LogP contribution is 2.09. The van der Waals surface area contributed by atoms with E-state index in [4.69, 9.17) is 18.0 Å². The Balaban J connectivity index is 2.50. The molecular weight excluding hydrogens is 210 g/mol. The van der Waals surface area contributed by atoms with Crippen molar-refractivity contribution in [3.63, 3.8) is 0 Å². The Morgan fingerprint density at radius 2 is 1.93 bits per heavy atom. The fourth-order valence-corrected chi connectivity index (χ4v) is 2.04. The van der Waals surface area contributed by atoms with Gasteiger partial charge in [0.15, 0.2) is 0 Å². The molecule has 1 rings (SSSR count). The third-order valence-electron chi connectivity index (χ3n) is 2.65. The first-order valence-electron chi connectivity index (χ1n) is 5.37. The van der Waals surface area contributed by atoms with Crippen LogP contribution in [0.1, 0.15) is 26.7 Å². The Bertz CT molecular complexity index is 249. The SMILES string of the molecule is CC(C)C(NC(=O)N1CCCC1)C(N)=S. The third-order valence-corrected chi connectivity index (χ3v) is 2.90. The van der Waals surface area contributed by atoms with Gasteiger partial charge in [0.1, 0.15) is 0 Å². The second-order valence-electron chi connectivity index (χ2n) is 4.27. The van der Waals surface area contributed by atoms with Crippen molar-refractivity contribution >= 4 is 23.2 Å². The molecule has 15 heavy (non-hydrogen) atoms. The quantitative estimate of drug-likeness (QED) is 0.713. The van der Waals surface area contributed by atoms with Gasteiger partial charge in [0, 0.05) is 13.1 Å². The highest BCUT2D eigenvalue weighted by Gasteiger charge is 2.23. The van der Waals surface area contributed by atoms with Gasteiger partial charge in [-0.15, -0.1) is 0 Å². The van der Waals surface area contributed by atoms with E-state index >= 15 is 0 Å². The molecule has 1 saturated heterocycles. The van der Waals surface area contributed by atoms with Crippen LogP contribution in [0.15, 0.2) is 0 Å². The van der Waals surface area contributed by atoms with Crippen molar-refractivity contribution < 1.29 is 4.79 Å². The molecule has 3 N–H and O–H groups in total. The van der Waals surface area contributed by atoms with Gasteiger partial charge in [-0.2, -0.15) is 0 Å². The van der Waals surface area contributed by atoms with E-state index in [1.54, 1.807) is 0 Å². The second kappa shape index (κ2) is 5.30. The normalized spacial score (nSPS) is 17.9. The fraction of sp³-hybridized carbons (Fsp3) is 0.800. The van der Waals surface area contributed by atoms with Crippen molar-refractivity contribution in [2.75, 3.05) is 13.1 Å². The zero-order chi connectivity index (χ0) is 11.4. The summed E-state index contributed by atoms with van der Waals surface area (Å²) in [6.45, 7) is 5.67.